The van der Waals surface area contributed by atoms with Crippen molar-refractivity contribution in [1.82, 2.24) is 19.9 Å². The van der Waals surface area contributed by atoms with Gasteiger partial charge in [-0.1, -0.05) is 35.0 Å². The van der Waals surface area contributed by atoms with Crippen LogP contribution in [0.15, 0.2) is 30.5 Å². The molecular formula is C15H20N4O2. The van der Waals surface area contributed by atoms with Crippen molar-refractivity contribution < 1.29 is 9.90 Å². The van der Waals surface area contributed by atoms with E-state index in [1.165, 1.54) is 11.1 Å². The minimum Gasteiger partial charge on any atom is -0.481 e. The molecule has 0 bridgehead atoms. The van der Waals surface area contributed by atoms with Gasteiger partial charge in [-0.2, -0.15) is 0 Å². The first kappa shape index (κ1) is 15.2. The van der Waals surface area contributed by atoms with Crippen LogP contribution in [0.4, 0.5) is 0 Å². The van der Waals surface area contributed by atoms with E-state index in [0.29, 0.717) is 19.6 Å². The highest BCUT2D eigenvalue weighted by Gasteiger charge is 2.11. The Hall–Kier alpha value is -2.21. The lowest BCUT2D eigenvalue weighted by Gasteiger charge is -2.20. The molecule has 112 valence electrons. The predicted molar refractivity (Wildman–Crippen MR) is 78.5 cm³/mol. The Labute approximate surface area is 124 Å². The Balaban J connectivity index is 2.05. The zero-order valence-corrected chi connectivity index (χ0v) is 12.4. The highest BCUT2D eigenvalue weighted by molar-refractivity contribution is 5.66. The molecule has 0 saturated heterocycles. The topological polar surface area (TPSA) is 71.2 Å². The molecule has 0 unspecified atom stereocenters. The smallest absolute Gasteiger partial charge is 0.304 e. The Morgan fingerprint density at radius 2 is 2.19 bits per heavy atom. The Kier molecular flexibility index (Phi) is 5.05. The van der Waals surface area contributed by atoms with Gasteiger partial charge in [-0.3, -0.25) is 14.4 Å². The normalized spacial score (nSPS) is 11.0. The fourth-order valence-corrected chi connectivity index (χ4v) is 2.23. The van der Waals surface area contributed by atoms with E-state index < -0.39 is 5.97 Å². The van der Waals surface area contributed by atoms with Gasteiger partial charge in [0.25, 0.3) is 0 Å². The highest BCUT2D eigenvalue weighted by Crippen LogP contribution is 2.11. The molecule has 0 radical (unpaired) electrons. The number of aryl methyl sites for hydroxylation is 2. The molecule has 6 heteroatoms. The fraction of sp³-hybridized carbons (Fsp3) is 0.400. The summed E-state index contributed by atoms with van der Waals surface area (Å²) in [6.45, 7) is 3.83. The fourth-order valence-electron chi connectivity index (χ4n) is 2.23. The van der Waals surface area contributed by atoms with Crippen molar-refractivity contribution in [1.29, 1.82) is 0 Å². The summed E-state index contributed by atoms with van der Waals surface area (Å²) in [5.41, 5.74) is 3.21. The molecule has 21 heavy (non-hydrogen) atoms. The third-order valence-electron chi connectivity index (χ3n) is 3.17. The number of nitrogens with zero attached hydrogens (tertiary/aromatic N) is 4. The van der Waals surface area contributed by atoms with Gasteiger partial charge in [-0.15, -0.1) is 5.10 Å². The standard InChI is InChI=1S/C15H20N4O2/c1-12-4-3-5-13(8-12)9-19(7-6-15(20)21)11-14-10-18(2)17-16-14/h3-5,8,10H,6-7,9,11H2,1-2H3,(H,20,21). The second-order valence-electron chi connectivity index (χ2n) is 5.23. The van der Waals surface area contributed by atoms with Crippen molar-refractivity contribution in [3.63, 3.8) is 0 Å². The van der Waals surface area contributed by atoms with Crippen LogP contribution in [-0.2, 0) is 24.9 Å². The predicted octanol–water partition coefficient (Wildman–Crippen LogP) is 1.60. The maximum atomic E-state index is 10.8. The van der Waals surface area contributed by atoms with E-state index in [1.54, 1.807) is 4.68 Å². The van der Waals surface area contributed by atoms with Crippen LogP contribution in [0.2, 0.25) is 0 Å². The first-order valence-corrected chi connectivity index (χ1v) is 6.88. The van der Waals surface area contributed by atoms with E-state index in [1.807, 2.05) is 32.3 Å². The molecule has 0 aliphatic carbocycles. The lowest BCUT2D eigenvalue weighted by Crippen LogP contribution is -2.26. The number of hydrogen-bond donors (Lipinski definition) is 1. The molecule has 0 saturated carbocycles. The molecule has 0 amide bonds. The van der Waals surface area contributed by atoms with Crippen LogP contribution in [0.25, 0.3) is 0 Å². The van der Waals surface area contributed by atoms with E-state index >= 15 is 0 Å². The minimum atomic E-state index is -0.789. The Bertz CT molecular complexity index is 609. The molecule has 2 rings (SSSR count). The van der Waals surface area contributed by atoms with Gasteiger partial charge in [-0.05, 0) is 12.5 Å². The van der Waals surface area contributed by atoms with Crippen LogP contribution in [-0.4, -0.2) is 37.5 Å². The van der Waals surface area contributed by atoms with Crippen molar-refractivity contribution in [2.45, 2.75) is 26.4 Å². The summed E-state index contributed by atoms with van der Waals surface area (Å²) in [5, 5.41) is 16.9. The average molecular weight is 288 g/mol. The maximum Gasteiger partial charge on any atom is 0.304 e. The van der Waals surface area contributed by atoms with Crippen LogP contribution in [0.1, 0.15) is 23.2 Å². The largest absolute Gasteiger partial charge is 0.481 e. The Morgan fingerprint density at radius 1 is 1.38 bits per heavy atom. The minimum absolute atomic E-state index is 0.117. The van der Waals surface area contributed by atoms with E-state index in [-0.39, 0.29) is 6.42 Å². The van der Waals surface area contributed by atoms with Gasteiger partial charge in [0.05, 0.1) is 12.1 Å². The number of benzene rings is 1. The first-order chi connectivity index (χ1) is 10.0. The highest BCUT2D eigenvalue weighted by atomic mass is 16.4. The second-order valence-corrected chi connectivity index (χ2v) is 5.23. The van der Waals surface area contributed by atoms with Crippen molar-refractivity contribution in [2.75, 3.05) is 6.54 Å². The number of hydrogen-bond acceptors (Lipinski definition) is 4. The van der Waals surface area contributed by atoms with E-state index in [2.05, 4.69) is 27.3 Å². The number of carboxylic acids is 1. The van der Waals surface area contributed by atoms with Crippen molar-refractivity contribution in [3.05, 3.63) is 47.3 Å². The third kappa shape index (κ3) is 5.00. The van der Waals surface area contributed by atoms with Crippen molar-refractivity contribution in [3.8, 4) is 0 Å². The summed E-state index contributed by atoms with van der Waals surface area (Å²) in [6, 6.07) is 8.23. The summed E-state index contributed by atoms with van der Waals surface area (Å²) in [7, 11) is 1.82. The number of aliphatic carboxylic acids is 1. The summed E-state index contributed by atoms with van der Waals surface area (Å²) >= 11 is 0. The van der Waals surface area contributed by atoms with Crippen LogP contribution in [0.5, 0.6) is 0 Å². The molecule has 0 aliphatic heterocycles. The second kappa shape index (κ2) is 6.99. The van der Waals surface area contributed by atoms with Gasteiger partial charge in [0, 0.05) is 32.9 Å². The lowest BCUT2D eigenvalue weighted by molar-refractivity contribution is -0.137. The van der Waals surface area contributed by atoms with E-state index in [9.17, 15) is 4.79 Å². The molecular weight excluding hydrogens is 268 g/mol. The summed E-state index contributed by atoms with van der Waals surface area (Å²) in [5.74, 6) is -0.789. The van der Waals surface area contributed by atoms with Crippen molar-refractivity contribution >= 4 is 5.97 Å². The van der Waals surface area contributed by atoms with Gasteiger partial charge < -0.3 is 5.11 Å². The SMILES string of the molecule is Cc1cccc(CN(CCC(=O)O)Cc2cn(C)nn2)c1. The molecule has 0 spiro atoms. The monoisotopic (exact) mass is 288 g/mol. The molecule has 0 fully saturated rings. The maximum absolute atomic E-state index is 10.8. The molecule has 1 aromatic heterocycles. The van der Waals surface area contributed by atoms with Crippen LogP contribution in [0, 0.1) is 6.92 Å². The van der Waals surface area contributed by atoms with Crippen LogP contribution < -0.4 is 0 Å². The van der Waals surface area contributed by atoms with Crippen LogP contribution >= 0.6 is 0 Å². The average Bonchev–Trinajstić information content (AvgIpc) is 2.81. The third-order valence-corrected chi connectivity index (χ3v) is 3.17. The molecule has 1 N–H and O–H groups in total. The molecule has 2 aromatic rings. The molecule has 0 atom stereocenters. The van der Waals surface area contributed by atoms with Crippen molar-refractivity contribution in [2.24, 2.45) is 7.05 Å². The number of carbonyl (C=O) groups is 1. The van der Waals surface area contributed by atoms with E-state index in [4.69, 9.17) is 5.11 Å². The molecule has 1 aromatic carbocycles. The van der Waals surface area contributed by atoms with Gasteiger partial charge in [0.2, 0.25) is 0 Å². The molecule has 1 heterocycles. The van der Waals surface area contributed by atoms with Crippen LogP contribution in [0.3, 0.4) is 0 Å². The van der Waals surface area contributed by atoms with Gasteiger partial charge in [-0.25, -0.2) is 0 Å². The Morgan fingerprint density at radius 3 is 2.81 bits per heavy atom. The number of carboxylic acid groups (broad SMARTS) is 1. The number of aromatic nitrogens is 3. The van der Waals surface area contributed by atoms with Gasteiger partial charge in [0.15, 0.2) is 0 Å². The molecule has 6 nitrogen and oxygen atoms in total. The van der Waals surface area contributed by atoms with Gasteiger partial charge >= 0.3 is 5.97 Å². The first-order valence-electron chi connectivity index (χ1n) is 6.88. The zero-order chi connectivity index (χ0) is 15.2. The van der Waals surface area contributed by atoms with E-state index in [0.717, 1.165) is 5.69 Å². The zero-order valence-electron chi connectivity index (χ0n) is 12.4. The summed E-state index contributed by atoms with van der Waals surface area (Å²) < 4.78 is 1.65. The quantitative estimate of drug-likeness (QED) is 0.838. The number of rotatable bonds is 7. The molecule has 0 aliphatic rings. The lowest BCUT2D eigenvalue weighted by atomic mass is 10.1. The van der Waals surface area contributed by atoms with Gasteiger partial charge in [0.1, 0.15) is 0 Å². The summed E-state index contributed by atoms with van der Waals surface area (Å²) in [6.07, 6.45) is 1.97. The summed E-state index contributed by atoms with van der Waals surface area (Å²) in [4.78, 5) is 12.9.